The zero-order valence-electron chi connectivity index (χ0n) is 12.1. The van der Waals surface area contributed by atoms with Crippen LogP contribution in [0.25, 0.3) is 0 Å². The van der Waals surface area contributed by atoms with E-state index in [-0.39, 0.29) is 0 Å². The van der Waals surface area contributed by atoms with Crippen molar-refractivity contribution in [1.82, 2.24) is 4.90 Å². The lowest BCUT2D eigenvalue weighted by molar-refractivity contribution is -0.159. The van der Waals surface area contributed by atoms with Gasteiger partial charge < -0.3 is 14.9 Å². The number of methoxy groups -OCH3 is 1. The molecule has 0 atom stereocenters. The molecule has 1 fully saturated rings. The van der Waals surface area contributed by atoms with Crippen LogP contribution in [0.1, 0.15) is 24.8 Å². The summed E-state index contributed by atoms with van der Waals surface area (Å²) >= 11 is 0. The van der Waals surface area contributed by atoms with Gasteiger partial charge in [-0.15, -0.1) is 0 Å². The smallest absolute Gasteiger partial charge is 0.414 e. The summed E-state index contributed by atoms with van der Waals surface area (Å²) < 4.78 is 5.36. The molecule has 0 amide bonds. The van der Waals surface area contributed by atoms with Gasteiger partial charge in [0.25, 0.3) is 0 Å². The first-order chi connectivity index (χ1) is 10.0. The van der Waals surface area contributed by atoms with E-state index in [0.29, 0.717) is 0 Å². The van der Waals surface area contributed by atoms with Crippen LogP contribution in [0, 0.1) is 0 Å². The number of carboxylic acids is 2. The monoisotopic (exact) mass is 295 g/mol. The molecule has 0 aliphatic carbocycles. The van der Waals surface area contributed by atoms with E-state index < -0.39 is 11.9 Å². The Labute approximate surface area is 124 Å². The maximum atomic E-state index is 9.10. The van der Waals surface area contributed by atoms with Crippen molar-refractivity contribution in [1.29, 1.82) is 0 Å². The molecule has 1 aromatic carbocycles. The van der Waals surface area contributed by atoms with E-state index in [4.69, 9.17) is 24.5 Å². The van der Waals surface area contributed by atoms with Gasteiger partial charge in [0.15, 0.2) is 0 Å². The number of benzene rings is 1. The number of hydrogen-bond donors (Lipinski definition) is 2. The summed E-state index contributed by atoms with van der Waals surface area (Å²) in [4.78, 5) is 20.7. The maximum absolute atomic E-state index is 9.10. The highest BCUT2D eigenvalue weighted by Crippen LogP contribution is 2.21. The topological polar surface area (TPSA) is 87.1 Å². The number of hydrogen-bond acceptors (Lipinski definition) is 4. The summed E-state index contributed by atoms with van der Waals surface area (Å²) in [5.74, 6) is -2.63. The average molecular weight is 295 g/mol. The van der Waals surface area contributed by atoms with Crippen molar-refractivity contribution in [3.8, 4) is 5.75 Å². The molecule has 0 spiro atoms. The van der Waals surface area contributed by atoms with Crippen molar-refractivity contribution >= 4 is 11.9 Å². The molecule has 0 aromatic heterocycles. The van der Waals surface area contributed by atoms with Crippen molar-refractivity contribution in [2.45, 2.75) is 25.8 Å². The molecule has 0 radical (unpaired) electrons. The standard InChI is InChI=1S/C13H19NO.C2H2O4/c1-15-13-8-4-3-7-12(13)11-14-9-5-2-6-10-14;3-1(4)2(5)6/h3-4,7-8H,2,5-6,9-11H2,1H3;(H,3,4)(H,5,6). The van der Waals surface area contributed by atoms with Crippen LogP contribution in [-0.4, -0.2) is 47.3 Å². The summed E-state index contributed by atoms with van der Waals surface area (Å²) in [5.41, 5.74) is 1.31. The Balaban J connectivity index is 0.000000315. The minimum absolute atomic E-state index is 1.02. The number of para-hydroxylation sites is 1. The molecule has 1 heterocycles. The number of likely N-dealkylation sites (tertiary alicyclic amines) is 1. The van der Waals surface area contributed by atoms with Gasteiger partial charge in [-0.25, -0.2) is 9.59 Å². The SMILES string of the molecule is COc1ccccc1CN1CCCCC1.O=C(O)C(=O)O. The van der Waals surface area contributed by atoms with Crippen LogP contribution in [0.4, 0.5) is 0 Å². The lowest BCUT2D eigenvalue weighted by Gasteiger charge is -2.26. The lowest BCUT2D eigenvalue weighted by Crippen LogP contribution is -2.29. The van der Waals surface area contributed by atoms with Crippen LogP contribution in [0.15, 0.2) is 24.3 Å². The van der Waals surface area contributed by atoms with Crippen LogP contribution in [0.5, 0.6) is 5.75 Å². The van der Waals surface area contributed by atoms with Crippen LogP contribution < -0.4 is 4.74 Å². The fraction of sp³-hybridized carbons (Fsp3) is 0.467. The summed E-state index contributed by atoms with van der Waals surface area (Å²) in [7, 11) is 1.75. The number of nitrogens with zero attached hydrogens (tertiary/aromatic N) is 1. The number of rotatable bonds is 3. The third-order valence-corrected chi connectivity index (χ3v) is 3.22. The minimum atomic E-state index is -1.82. The third-order valence-electron chi connectivity index (χ3n) is 3.22. The van der Waals surface area contributed by atoms with Gasteiger partial charge in [-0.3, -0.25) is 4.90 Å². The molecule has 6 heteroatoms. The van der Waals surface area contributed by atoms with Crippen LogP contribution in [0.3, 0.4) is 0 Å². The van der Waals surface area contributed by atoms with Crippen LogP contribution >= 0.6 is 0 Å². The molecule has 1 aliphatic heterocycles. The maximum Gasteiger partial charge on any atom is 0.414 e. The molecule has 0 unspecified atom stereocenters. The Morgan fingerprint density at radius 1 is 1.10 bits per heavy atom. The minimum Gasteiger partial charge on any atom is -0.496 e. The van der Waals surface area contributed by atoms with Gasteiger partial charge in [-0.05, 0) is 32.0 Å². The first-order valence-corrected chi connectivity index (χ1v) is 6.85. The second kappa shape index (κ2) is 8.97. The molecule has 1 saturated heterocycles. The molecule has 0 bridgehead atoms. The molecule has 2 N–H and O–H groups in total. The van der Waals surface area contributed by atoms with Crippen molar-refractivity contribution in [2.75, 3.05) is 20.2 Å². The van der Waals surface area contributed by atoms with Gasteiger partial charge in [0, 0.05) is 12.1 Å². The zero-order chi connectivity index (χ0) is 15.7. The summed E-state index contributed by atoms with van der Waals surface area (Å²) in [6, 6.07) is 8.31. The molecule has 116 valence electrons. The fourth-order valence-electron chi connectivity index (χ4n) is 2.19. The van der Waals surface area contributed by atoms with E-state index >= 15 is 0 Å². The van der Waals surface area contributed by atoms with Crippen molar-refractivity contribution in [3.63, 3.8) is 0 Å². The average Bonchev–Trinajstić information content (AvgIpc) is 2.49. The number of aliphatic carboxylic acids is 2. The molecule has 21 heavy (non-hydrogen) atoms. The summed E-state index contributed by atoms with van der Waals surface area (Å²) in [6.07, 6.45) is 4.08. The normalized spacial score (nSPS) is 14.7. The van der Waals surface area contributed by atoms with Gasteiger partial charge >= 0.3 is 11.9 Å². The number of carbonyl (C=O) groups is 2. The Kier molecular flexibility index (Phi) is 7.25. The molecule has 1 aromatic rings. The molecular weight excluding hydrogens is 274 g/mol. The van der Waals surface area contributed by atoms with Gasteiger partial charge in [0.2, 0.25) is 0 Å². The van der Waals surface area contributed by atoms with E-state index in [1.54, 1.807) is 7.11 Å². The van der Waals surface area contributed by atoms with E-state index in [1.165, 1.54) is 37.9 Å². The van der Waals surface area contributed by atoms with Crippen molar-refractivity contribution < 1.29 is 24.5 Å². The molecular formula is C15H21NO5. The molecule has 0 saturated carbocycles. The van der Waals surface area contributed by atoms with Crippen molar-refractivity contribution in [2.24, 2.45) is 0 Å². The highest BCUT2D eigenvalue weighted by molar-refractivity contribution is 6.27. The second-order valence-corrected chi connectivity index (χ2v) is 4.76. The molecule has 1 aliphatic rings. The molecule has 2 rings (SSSR count). The predicted molar refractivity (Wildman–Crippen MR) is 77.4 cm³/mol. The predicted octanol–water partition coefficient (Wildman–Crippen LogP) is 1.84. The highest BCUT2D eigenvalue weighted by atomic mass is 16.5. The lowest BCUT2D eigenvalue weighted by atomic mass is 10.1. The Morgan fingerprint density at radius 3 is 2.19 bits per heavy atom. The largest absolute Gasteiger partial charge is 0.496 e. The zero-order valence-corrected chi connectivity index (χ0v) is 12.1. The highest BCUT2D eigenvalue weighted by Gasteiger charge is 2.12. The van der Waals surface area contributed by atoms with Gasteiger partial charge in [0.1, 0.15) is 5.75 Å². The first kappa shape index (κ1) is 17.0. The number of piperidine rings is 1. The summed E-state index contributed by atoms with van der Waals surface area (Å²) in [6.45, 7) is 3.50. The number of ether oxygens (including phenoxy) is 1. The van der Waals surface area contributed by atoms with Crippen molar-refractivity contribution in [3.05, 3.63) is 29.8 Å². The van der Waals surface area contributed by atoms with E-state index in [0.717, 1.165) is 12.3 Å². The second-order valence-electron chi connectivity index (χ2n) is 4.76. The van der Waals surface area contributed by atoms with Crippen LogP contribution in [-0.2, 0) is 16.1 Å². The molecule has 6 nitrogen and oxygen atoms in total. The quantitative estimate of drug-likeness (QED) is 0.827. The third kappa shape index (κ3) is 6.27. The van der Waals surface area contributed by atoms with E-state index in [2.05, 4.69) is 17.0 Å². The Bertz CT molecular complexity index is 457. The first-order valence-electron chi connectivity index (χ1n) is 6.85. The Morgan fingerprint density at radius 2 is 1.67 bits per heavy atom. The van der Waals surface area contributed by atoms with Crippen LogP contribution in [0.2, 0.25) is 0 Å². The van der Waals surface area contributed by atoms with Gasteiger partial charge in [0.05, 0.1) is 7.11 Å². The van der Waals surface area contributed by atoms with E-state index in [9.17, 15) is 0 Å². The number of carboxylic acid groups (broad SMARTS) is 2. The van der Waals surface area contributed by atoms with Gasteiger partial charge in [-0.2, -0.15) is 0 Å². The van der Waals surface area contributed by atoms with Gasteiger partial charge in [-0.1, -0.05) is 24.6 Å². The summed E-state index contributed by atoms with van der Waals surface area (Å²) in [5, 5.41) is 14.8. The fourth-order valence-corrected chi connectivity index (χ4v) is 2.19. The Hall–Kier alpha value is -2.08. The van der Waals surface area contributed by atoms with E-state index in [1.807, 2.05) is 12.1 Å².